The first kappa shape index (κ1) is 13.5. The molecule has 2 rings (SSSR count). The van der Waals surface area contributed by atoms with Crippen molar-refractivity contribution in [1.29, 1.82) is 0 Å². The average Bonchev–Trinajstić information content (AvgIpc) is 2.89. The molecule has 0 radical (unpaired) electrons. The Morgan fingerprint density at radius 1 is 1.42 bits per heavy atom. The van der Waals surface area contributed by atoms with Crippen LogP contribution in [-0.4, -0.2) is 47.6 Å². The molecule has 0 saturated heterocycles. The molecule has 0 saturated carbocycles. The number of H-pyrrole nitrogens is 1. The van der Waals surface area contributed by atoms with Crippen LogP contribution < -0.4 is 5.32 Å². The van der Waals surface area contributed by atoms with Crippen LogP contribution in [0.1, 0.15) is 16.8 Å². The van der Waals surface area contributed by atoms with Gasteiger partial charge in [-0.1, -0.05) is 6.07 Å². The average molecular weight is 263 g/mol. The molecular formula is C13H17N3O3. The highest BCUT2D eigenvalue weighted by molar-refractivity contribution is 5.97. The number of hydrogen-bond acceptors (Lipinski definition) is 4. The summed E-state index contributed by atoms with van der Waals surface area (Å²) in [6.45, 7) is 1.44. The number of benzene rings is 1. The zero-order valence-corrected chi connectivity index (χ0v) is 10.6. The van der Waals surface area contributed by atoms with Crippen LogP contribution in [-0.2, 0) is 4.74 Å². The summed E-state index contributed by atoms with van der Waals surface area (Å²) in [7, 11) is 0. The third kappa shape index (κ3) is 3.77. The predicted octanol–water partition coefficient (Wildman–Crippen LogP) is 0.692. The summed E-state index contributed by atoms with van der Waals surface area (Å²) in [5.41, 5.74) is 1.45. The van der Waals surface area contributed by atoms with Crippen LogP contribution in [0.2, 0.25) is 0 Å². The van der Waals surface area contributed by atoms with Gasteiger partial charge in [0.15, 0.2) is 0 Å². The molecule has 0 aliphatic rings. The Morgan fingerprint density at radius 2 is 2.32 bits per heavy atom. The van der Waals surface area contributed by atoms with E-state index in [1.165, 1.54) is 0 Å². The highest BCUT2D eigenvalue weighted by Crippen LogP contribution is 2.12. The van der Waals surface area contributed by atoms with E-state index in [1.54, 1.807) is 18.3 Å². The van der Waals surface area contributed by atoms with Crippen LogP contribution >= 0.6 is 0 Å². The summed E-state index contributed by atoms with van der Waals surface area (Å²) in [5, 5.41) is 19.1. The van der Waals surface area contributed by atoms with Crippen molar-refractivity contribution in [3.05, 3.63) is 30.0 Å². The molecular weight excluding hydrogens is 246 g/mol. The molecule has 1 aromatic heterocycles. The van der Waals surface area contributed by atoms with Crippen molar-refractivity contribution in [3.8, 4) is 0 Å². The van der Waals surface area contributed by atoms with Crippen LogP contribution in [0.15, 0.2) is 24.4 Å². The molecule has 1 heterocycles. The number of rotatable bonds is 7. The molecule has 1 aromatic carbocycles. The number of aromatic nitrogens is 2. The summed E-state index contributed by atoms with van der Waals surface area (Å²) in [6.07, 6.45) is 2.44. The summed E-state index contributed by atoms with van der Waals surface area (Å²) in [4.78, 5) is 11.9. The quantitative estimate of drug-likeness (QED) is 0.641. The van der Waals surface area contributed by atoms with Gasteiger partial charge >= 0.3 is 0 Å². The lowest BCUT2D eigenvalue weighted by Gasteiger charge is -2.05. The van der Waals surface area contributed by atoms with Gasteiger partial charge in [-0.2, -0.15) is 5.10 Å². The number of hydrogen-bond donors (Lipinski definition) is 3. The fourth-order valence-electron chi connectivity index (χ4n) is 1.72. The predicted molar refractivity (Wildman–Crippen MR) is 70.9 cm³/mol. The highest BCUT2D eigenvalue weighted by Gasteiger charge is 2.06. The van der Waals surface area contributed by atoms with E-state index < -0.39 is 0 Å². The summed E-state index contributed by atoms with van der Waals surface area (Å²) in [5.74, 6) is -0.112. The number of nitrogens with one attached hydrogen (secondary N) is 2. The van der Waals surface area contributed by atoms with E-state index in [-0.39, 0.29) is 12.5 Å². The summed E-state index contributed by atoms with van der Waals surface area (Å²) in [6, 6.07) is 5.41. The molecule has 6 heteroatoms. The van der Waals surface area contributed by atoms with Crippen molar-refractivity contribution in [2.24, 2.45) is 0 Å². The van der Waals surface area contributed by atoms with E-state index >= 15 is 0 Å². The maximum atomic E-state index is 11.9. The van der Waals surface area contributed by atoms with Gasteiger partial charge in [0.25, 0.3) is 5.91 Å². The van der Waals surface area contributed by atoms with Gasteiger partial charge in [-0.15, -0.1) is 0 Å². The van der Waals surface area contributed by atoms with E-state index in [0.717, 1.165) is 17.3 Å². The Balaban J connectivity index is 1.79. The number of fused-ring (bicyclic) bond motifs is 1. The van der Waals surface area contributed by atoms with Crippen molar-refractivity contribution in [2.45, 2.75) is 6.42 Å². The molecule has 19 heavy (non-hydrogen) atoms. The van der Waals surface area contributed by atoms with Crippen molar-refractivity contribution in [3.63, 3.8) is 0 Å². The smallest absolute Gasteiger partial charge is 0.251 e. The molecule has 0 bridgehead atoms. The largest absolute Gasteiger partial charge is 0.394 e. The Kier molecular flexibility index (Phi) is 4.88. The third-order valence-corrected chi connectivity index (χ3v) is 2.69. The lowest BCUT2D eigenvalue weighted by Crippen LogP contribution is -2.25. The monoisotopic (exact) mass is 263 g/mol. The maximum absolute atomic E-state index is 11.9. The number of aromatic amines is 1. The van der Waals surface area contributed by atoms with Crippen LogP contribution in [0.5, 0.6) is 0 Å². The number of aliphatic hydroxyl groups excluding tert-OH is 1. The van der Waals surface area contributed by atoms with Gasteiger partial charge in [0.05, 0.1) is 24.9 Å². The van der Waals surface area contributed by atoms with Gasteiger partial charge in [-0.25, -0.2) is 0 Å². The summed E-state index contributed by atoms with van der Waals surface area (Å²) >= 11 is 0. The molecule has 0 aliphatic heterocycles. The van der Waals surface area contributed by atoms with E-state index in [4.69, 9.17) is 9.84 Å². The lowest BCUT2D eigenvalue weighted by atomic mass is 10.1. The Hall–Kier alpha value is -1.92. The zero-order valence-electron chi connectivity index (χ0n) is 10.6. The minimum Gasteiger partial charge on any atom is -0.394 e. The first-order chi connectivity index (χ1) is 9.31. The second-order valence-electron chi connectivity index (χ2n) is 4.12. The topological polar surface area (TPSA) is 87.2 Å². The molecule has 0 atom stereocenters. The number of carbonyl (C=O) groups excluding carboxylic acids is 1. The maximum Gasteiger partial charge on any atom is 0.251 e. The van der Waals surface area contributed by atoms with Crippen molar-refractivity contribution in [1.82, 2.24) is 15.5 Å². The number of amides is 1. The molecule has 0 spiro atoms. The first-order valence-corrected chi connectivity index (χ1v) is 6.21. The van der Waals surface area contributed by atoms with Gasteiger partial charge in [-0.05, 0) is 18.6 Å². The molecule has 102 valence electrons. The Labute approximate surface area is 110 Å². The van der Waals surface area contributed by atoms with Gasteiger partial charge < -0.3 is 15.2 Å². The molecule has 6 nitrogen and oxygen atoms in total. The van der Waals surface area contributed by atoms with Crippen molar-refractivity contribution < 1.29 is 14.6 Å². The zero-order chi connectivity index (χ0) is 13.5. The van der Waals surface area contributed by atoms with Gasteiger partial charge in [0.1, 0.15) is 0 Å². The molecule has 0 aliphatic carbocycles. The standard InChI is InChI=1S/C13H17N3O3/c17-5-7-19-6-1-4-14-13(18)10-2-3-11-9-15-16-12(11)8-10/h2-3,8-9,17H,1,4-7H2,(H,14,18)(H,15,16). The normalized spacial score (nSPS) is 10.8. The fraction of sp³-hybridized carbons (Fsp3) is 0.385. The van der Waals surface area contributed by atoms with Crippen LogP contribution in [0, 0.1) is 0 Å². The van der Waals surface area contributed by atoms with E-state index in [1.807, 2.05) is 6.07 Å². The molecule has 1 amide bonds. The van der Waals surface area contributed by atoms with Gasteiger partial charge in [0.2, 0.25) is 0 Å². The highest BCUT2D eigenvalue weighted by atomic mass is 16.5. The SMILES string of the molecule is O=C(NCCCOCCO)c1ccc2cn[nH]c2c1. The number of nitrogens with zero attached hydrogens (tertiary/aromatic N) is 1. The van der Waals surface area contributed by atoms with Crippen molar-refractivity contribution >= 4 is 16.8 Å². The van der Waals surface area contributed by atoms with Gasteiger partial charge in [0, 0.05) is 24.1 Å². The second-order valence-corrected chi connectivity index (χ2v) is 4.12. The second kappa shape index (κ2) is 6.86. The molecule has 0 fully saturated rings. The van der Waals surface area contributed by atoms with E-state index in [2.05, 4.69) is 15.5 Å². The van der Waals surface area contributed by atoms with E-state index in [9.17, 15) is 4.79 Å². The Bertz CT molecular complexity index is 539. The Morgan fingerprint density at radius 3 is 3.16 bits per heavy atom. The minimum absolute atomic E-state index is 0.0244. The lowest BCUT2D eigenvalue weighted by molar-refractivity contribution is 0.0867. The third-order valence-electron chi connectivity index (χ3n) is 2.69. The molecule has 0 unspecified atom stereocenters. The van der Waals surface area contributed by atoms with Gasteiger partial charge in [-0.3, -0.25) is 9.89 Å². The fourth-order valence-corrected chi connectivity index (χ4v) is 1.72. The minimum atomic E-state index is -0.112. The van der Waals surface area contributed by atoms with Crippen molar-refractivity contribution in [2.75, 3.05) is 26.4 Å². The first-order valence-electron chi connectivity index (χ1n) is 6.21. The number of ether oxygens (including phenoxy) is 1. The van der Waals surface area contributed by atoms with Crippen LogP contribution in [0.4, 0.5) is 0 Å². The molecule has 2 aromatic rings. The van der Waals surface area contributed by atoms with Crippen LogP contribution in [0.25, 0.3) is 10.9 Å². The summed E-state index contributed by atoms with van der Waals surface area (Å²) < 4.78 is 5.10. The van der Waals surface area contributed by atoms with Crippen LogP contribution in [0.3, 0.4) is 0 Å². The molecule has 3 N–H and O–H groups in total. The number of aliphatic hydroxyl groups is 1. The number of carbonyl (C=O) groups is 1. The van der Waals surface area contributed by atoms with E-state index in [0.29, 0.717) is 25.3 Å².